The summed E-state index contributed by atoms with van der Waals surface area (Å²) >= 11 is 0. The molecule has 5 rings (SSSR count). The molecule has 0 aliphatic carbocycles. The summed E-state index contributed by atoms with van der Waals surface area (Å²) in [5.41, 5.74) is 6.45. The van der Waals surface area contributed by atoms with Gasteiger partial charge in [0.2, 0.25) is 0 Å². The lowest BCUT2D eigenvalue weighted by Gasteiger charge is -2.27. The lowest BCUT2D eigenvalue weighted by Crippen LogP contribution is -2.39. The Balaban J connectivity index is 1.62. The van der Waals surface area contributed by atoms with Crippen molar-refractivity contribution in [3.05, 3.63) is 79.1 Å². The van der Waals surface area contributed by atoms with Crippen LogP contribution < -0.4 is 5.32 Å². The average molecular weight is 411 g/mol. The first-order valence-corrected chi connectivity index (χ1v) is 10.8. The third-order valence-electron chi connectivity index (χ3n) is 5.74. The third kappa shape index (κ3) is 4.29. The summed E-state index contributed by atoms with van der Waals surface area (Å²) in [4.78, 5) is 11.8. The zero-order valence-electron chi connectivity index (χ0n) is 17.5. The third-order valence-corrected chi connectivity index (χ3v) is 5.74. The van der Waals surface area contributed by atoms with Gasteiger partial charge in [-0.25, -0.2) is 4.98 Å². The first kappa shape index (κ1) is 19.7. The van der Waals surface area contributed by atoms with E-state index in [1.54, 1.807) is 0 Å². The highest BCUT2D eigenvalue weighted by atomic mass is 16.5. The first-order chi connectivity index (χ1) is 15.4. The quantitative estimate of drug-likeness (QED) is 0.499. The minimum absolute atomic E-state index is 0.818. The minimum atomic E-state index is 0.818. The van der Waals surface area contributed by atoms with Crippen molar-refractivity contribution in [2.75, 3.05) is 44.7 Å². The Labute approximate surface area is 182 Å². The fourth-order valence-corrected chi connectivity index (χ4v) is 4.16. The van der Waals surface area contributed by atoms with Crippen molar-refractivity contribution < 1.29 is 4.74 Å². The smallest absolute Gasteiger partial charge is 0.0808 e. The van der Waals surface area contributed by atoms with Gasteiger partial charge in [0, 0.05) is 55.1 Å². The predicted octanol–water partition coefficient (Wildman–Crippen LogP) is 4.71. The van der Waals surface area contributed by atoms with Gasteiger partial charge in [0.15, 0.2) is 0 Å². The van der Waals surface area contributed by atoms with Crippen molar-refractivity contribution >= 4 is 16.6 Å². The van der Waals surface area contributed by atoms with E-state index in [9.17, 15) is 0 Å². The second-order valence-electron chi connectivity index (χ2n) is 7.71. The Bertz CT molecular complexity index is 1140. The number of fused-ring (bicyclic) bond motifs is 1. The van der Waals surface area contributed by atoms with Crippen LogP contribution in [0.1, 0.15) is 0 Å². The summed E-state index contributed by atoms with van der Waals surface area (Å²) in [6.45, 7) is 5.46. The number of pyridine rings is 2. The molecule has 5 nitrogen and oxygen atoms in total. The number of nitrogens with zero attached hydrogens (tertiary/aromatic N) is 3. The van der Waals surface area contributed by atoms with Crippen LogP contribution in [-0.4, -0.2) is 54.3 Å². The van der Waals surface area contributed by atoms with Crippen LogP contribution in [0.5, 0.6) is 0 Å². The Morgan fingerprint density at radius 1 is 0.839 bits per heavy atom. The number of morpholine rings is 1. The van der Waals surface area contributed by atoms with Gasteiger partial charge in [-0.2, -0.15) is 0 Å². The van der Waals surface area contributed by atoms with Gasteiger partial charge in [-0.05, 0) is 23.8 Å². The lowest BCUT2D eigenvalue weighted by atomic mass is 9.95. The van der Waals surface area contributed by atoms with Crippen molar-refractivity contribution in [2.45, 2.75) is 0 Å². The van der Waals surface area contributed by atoms with Crippen molar-refractivity contribution in [3.8, 4) is 22.4 Å². The normalized spacial score (nSPS) is 14.6. The van der Waals surface area contributed by atoms with Crippen molar-refractivity contribution in [2.24, 2.45) is 0 Å². The van der Waals surface area contributed by atoms with Crippen LogP contribution in [0.2, 0.25) is 0 Å². The average Bonchev–Trinajstić information content (AvgIpc) is 2.85. The molecule has 2 aromatic heterocycles. The van der Waals surface area contributed by atoms with Crippen LogP contribution in [0.3, 0.4) is 0 Å². The molecule has 31 heavy (non-hydrogen) atoms. The fourth-order valence-electron chi connectivity index (χ4n) is 4.16. The highest BCUT2D eigenvalue weighted by molar-refractivity contribution is 6.04. The molecule has 156 valence electrons. The number of hydrogen-bond donors (Lipinski definition) is 1. The Morgan fingerprint density at radius 3 is 2.39 bits per heavy atom. The minimum Gasteiger partial charge on any atom is -0.383 e. The molecule has 1 fully saturated rings. The lowest BCUT2D eigenvalue weighted by molar-refractivity contribution is 0.0398. The molecule has 0 bridgehead atoms. The molecular formula is C26H26N4O. The highest BCUT2D eigenvalue weighted by Gasteiger charge is 2.18. The summed E-state index contributed by atoms with van der Waals surface area (Å²) in [5.74, 6) is 0. The monoisotopic (exact) mass is 410 g/mol. The number of rotatable bonds is 6. The standard InChI is InChI=1S/C26H26N4O/c1-2-6-21(7-3-1)25-24(20-10-12-27-13-11-20)26(22-8-4-5-9-23(22)29-25)28-14-15-30-16-18-31-19-17-30/h1-13H,14-19H2,(H,28,29). The van der Waals surface area contributed by atoms with Crippen molar-refractivity contribution in [3.63, 3.8) is 0 Å². The molecule has 1 aliphatic rings. The SMILES string of the molecule is c1ccc(-c2nc3ccccc3c(NCCN3CCOCC3)c2-c2ccncc2)cc1. The van der Waals surface area contributed by atoms with E-state index in [1.165, 1.54) is 0 Å². The molecule has 2 aromatic carbocycles. The number of nitrogens with one attached hydrogen (secondary N) is 1. The number of ether oxygens (including phenoxy) is 1. The molecule has 0 atom stereocenters. The molecule has 5 heteroatoms. The molecule has 1 saturated heterocycles. The van der Waals surface area contributed by atoms with Gasteiger partial charge in [-0.15, -0.1) is 0 Å². The Kier molecular flexibility index (Phi) is 5.87. The van der Waals surface area contributed by atoms with Gasteiger partial charge in [0.05, 0.1) is 30.1 Å². The molecule has 1 aliphatic heterocycles. The molecule has 0 saturated carbocycles. The van der Waals surface area contributed by atoms with E-state index in [4.69, 9.17) is 9.72 Å². The zero-order valence-corrected chi connectivity index (χ0v) is 17.5. The molecular weight excluding hydrogens is 384 g/mol. The Morgan fingerprint density at radius 2 is 1.58 bits per heavy atom. The maximum Gasteiger partial charge on any atom is 0.0808 e. The van der Waals surface area contributed by atoms with Crippen molar-refractivity contribution in [1.82, 2.24) is 14.9 Å². The molecule has 0 amide bonds. The summed E-state index contributed by atoms with van der Waals surface area (Å²) < 4.78 is 5.49. The maximum absolute atomic E-state index is 5.49. The van der Waals surface area contributed by atoms with E-state index in [2.05, 4.69) is 69.8 Å². The van der Waals surface area contributed by atoms with Gasteiger partial charge >= 0.3 is 0 Å². The number of benzene rings is 2. The van der Waals surface area contributed by atoms with Crippen LogP contribution in [0.25, 0.3) is 33.3 Å². The summed E-state index contributed by atoms with van der Waals surface area (Å²) in [6.07, 6.45) is 3.69. The molecule has 0 unspecified atom stereocenters. The van der Waals surface area contributed by atoms with Gasteiger partial charge < -0.3 is 10.1 Å². The number of aromatic nitrogens is 2. The van der Waals surface area contributed by atoms with Crippen LogP contribution >= 0.6 is 0 Å². The van der Waals surface area contributed by atoms with E-state index in [1.807, 2.05) is 24.5 Å². The first-order valence-electron chi connectivity index (χ1n) is 10.8. The van der Waals surface area contributed by atoms with Crippen molar-refractivity contribution in [1.29, 1.82) is 0 Å². The van der Waals surface area contributed by atoms with E-state index >= 15 is 0 Å². The molecule has 3 heterocycles. The number of anilines is 1. The van der Waals surface area contributed by atoms with E-state index in [-0.39, 0.29) is 0 Å². The number of hydrogen-bond acceptors (Lipinski definition) is 5. The highest BCUT2D eigenvalue weighted by Crippen LogP contribution is 2.40. The predicted molar refractivity (Wildman–Crippen MR) is 126 cm³/mol. The van der Waals surface area contributed by atoms with Crippen LogP contribution in [0.4, 0.5) is 5.69 Å². The van der Waals surface area contributed by atoms with Gasteiger partial charge in [-0.1, -0.05) is 48.5 Å². The summed E-state index contributed by atoms with van der Waals surface area (Å²) in [7, 11) is 0. The summed E-state index contributed by atoms with van der Waals surface area (Å²) in [6, 6.07) is 22.9. The molecule has 0 spiro atoms. The van der Waals surface area contributed by atoms with Gasteiger partial charge in [0.1, 0.15) is 0 Å². The van der Waals surface area contributed by atoms with Crippen LogP contribution in [0, 0.1) is 0 Å². The maximum atomic E-state index is 5.49. The van der Waals surface area contributed by atoms with Crippen LogP contribution in [-0.2, 0) is 4.74 Å². The largest absolute Gasteiger partial charge is 0.383 e. The summed E-state index contributed by atoms with van der Waals surface area (Å²) in [5, 5.41) is 4.90. The number of para-hydroxylation sites is 1. The Hall–Kier alpha value is -3.28. The van der Waals surface area contributed by atoms with E-state index in [0.717, 1.165) is 78.4 Å². The van der Waals surface area contributed by atoms with E-state index < -0.39 is 0 Å². The molecule has 0 radical (unpaired) electrons. The second-order valence-corrected chi connectivity index (χ2v) is 7.71. The van der Waals surface area contributed by atoms with Gasteiger partial charge in [-0.3, -0.25) is 9.88 Å². The topological polar surface area (TPSA) is 50.3 Å². The fraction of sp³-hybridized carbons (Fsp3) is 0.231. The van der Waals surface area contributed by atoms with Gasteiger partial charge in [0.25, 0.3) is 0 Å². The second kappa shape index (κ2) is 9.25. The van der Waals surface area contributed by atoms with E-state index in [0.29, 0.717) is 0 Å². The molecule has 4 aromatic rings. The zero-order chi connectivity index (χ0) is 20.9. The van der Waals surface area contributed by atoms with Crippen LogP contribution in [0.15, 0.2) is 79.1 Å². The molecule has 1 N–H and O–H groups in total.